The van der Waals surface area contributed by atoms with Gasteiger partial charge < -0.3 is 5.32 Å². The molecule has 8 nitrogen and oxygen atoms in total. The van der Waals surface area contributed by atoms with E-state index in [0.29, 0.717) is 0 Å². The van der Waals surface area contributed by atoms with Gasteiger partial charge in [0.15, 0.2) is 0 Å². The van der Waals surface area contributed by atoms with Crippen LogP contribution in [-0.4, -0.2) is 25.3 Å². The van der Waals surface area contributed by atoms with Crippen molar-refractivity contribution < 1.29 is 18.1 Å². The number of amides is 1. The summed E-state index contributed by atoms with van der Waals surface area (Å²) >= 11 is 0. The monoisotopic (exact) mass is 457 g/mol. The molecule has 0 aliphatic heterocycles. The second-order valence-electron chi connectivity index (χ2n) is 8.82. The third-order valence-corrected chi connectivity index (χ3v) is 7.77. The average Bonchev–Trinajstić information content (AvgIpc) is 3.41. The normalized spacial score (nSPS) is 16.0. The number of hydrogen-bond acceptors (Lipinski definition) is 5. The van der Waals surface area contributed by atoms with E-state index in [1.54, 1.807) is 13.8 Å². The van der Waals surface area contributed by atoms with Gasteiger partial charge in [0.2, 0.25) is 15.9 Å². The molecule has 2 aliphatic rings. The van der Waals surface area contributed by atoms with Crippen LogP contribution in [0.5, 0.6) is 0 Å². The van der Waals surface area contributed by atoms with Crippen LogP contribution in [0.1, 0.15) is 48.9 Å². The van der Waals surface area contributed by atoms with Gasteiger partial charge in [0, 0.05) is 17.8 Å². The lowest BCUT2D eigenvalue weighted by Gasteiger charge is -2.24. The zero-order valence-electron chi connectivity index (χ0n) is 18.2. The van der Waals surface area contributed by atoms with Gasteiger partial charge in [-0.15, -0.1) is 0 Å². The number of nitrogens with one attached hydrogen (secondary N) is 2. The van der Waals surface area contributed by atoms with Gasteiger partial charge >= 0.3 is 0 Å². The number of sulfonamides is 1. The Kier molecular flexibility index (Phi) is 6.05. The minimum Gasteiger partial charge on any atom is -0.324 e. The molecule has 0 spiro atoms. The largest absolute Gasteiger partial charge is 0.324 e. The Morgan fingerprint density at radius 2 is 1.56 bits per heavy atom. The second kappa shape index (κ2) is 8.63. The van der Waals surface area contributed by atoms with Crippen molar-refractivity contribution in [2.45, 2.75) is 63.3 Å². The highest BCUT2D eigenvalue weighted by atomic mass is 32.2. The van der Waals surface area contributed by atoms with Gasteiger partial charge in [-0.3, -0.25) is 14.9 Å². The van der Waals surface area contributed by atoms with Crippen LogP contribution in [0.15, 0.2) is 35.2 Å². The lowest BCUT2D eigenvalue weighted by Crippen LogP contribution is -2.47. The first-order chi connectivity index (χ1) is 15.2. The van der Waals surface area contributed by atoms with Gasteiger partial charge in [0.25, 0.3) is 5.69 Å². The Hall–Kier alpha value is -2.78. The molecule has 0 fully saturated rings. The molecule has 0 radical (unpaired) electrons. The molecule has 4 rings (SSSR count). The number of anilines is 1. The van der Waals surface area contributed by atoms with E-state index in [9.17, 15) is 23.3 Å². The number of non-ortho nitro benzene ring substituents is 1. The third kappa shape index (κ3) is 4.27. The van der Waals surface area contributed by atoms with E-state index in [1.165, 1.54) is 34.4 Å². The molecule has 2 aromatic carbocycles. The molecular weight excluding hydrogens is 430 g/mol. The molecule has 170 valence electrons. The van der Waals surface area contributed by atoms with Crippen LogP contribution in [0.25, 0.3) is 0 Å². The van der Waals surface area contributed by atoms with E-state index in [0.717, 1.165) is 56.3 Å². The predicted octanol–water partition coefficient (Wildman–Crippen LogP) is 3.51. The third-order valence-electron chi connectivity index (χ3n) is 6.31. The molecule has 1 amide bonds. The molecule has 32 heavy (non-hydrogen) atoms. The summed E-state index contributed by atoms with van der Waals surface area (Å²) in [7, 11) is -4.04. The number of benzene rings is 2. The lowest BCUT2D eigenvalue weighted by molar-refractivity contribution is -0.384. The van der Waals surface area contributed by atoms with Crippen molar-refractivity contribution >= 4 is 27.3 Å². The Morgan fingerprint density at radius 3 is 2.06 bits per heavy atom. The van der Waals surface area contributed by atoms with Gasteiger partial charge in [-0.1, -0.05) is 19.9 Å². The van der Waals surface area contributed by atoms with Crippen molar-refractivity contribution in [2.24, 2.45) is 5.92 Å². The molecule has 9 heteroatoms. The van der Waals surface area contributed by atoms with E-state index in [-0.39, 0.29) is 22.4 Å². The molecule has 0 bridgehead atoms. The number of aryl methyl sites for hydroxylation is 2. The highest BCUT2D eigenvalue weighted by Crippen LogP contribution is 2.38. The summed E-state index contributed by atoms with van der Waals surface area (Å²) < 4.78 is 28.3. The zero-order chi connectivity index (χ0) is 23.0. The predicted molar refractivity (Wildman–Crippen MR) is 121 cm³/mol. The summed E-state index contributed by atoms with van der Waals surface area (Å²) in [4.78, 5) is 23.4. The van der Waals surface area contributed by atoms with Crippen LogP contribution >= 0.6 is 0 Å². The van der Waals surface area contributed by atoms with Gasteiger partial charge in [0.05, 0.1) is 9.82 Å². The summed E-state index contributed by atoms with van der Waals surface area (Å²) in [6.45, 7) is 3.56. The maximum atomic E-state index is 13.3. The molecule has 1 atom stereocenters. The molecule has 0 saturated heterocycles. The number of carbonyl (C=O) groups excluding carboxylic acids is 1. The van der Waals surface area contributed by atoms with Gasteiger partial charge in [-0.05, 0) is 78.8 Å². The number of carbonyl (C=O) groups is 1. The maximum absolute atomic E-state index is 13.3. The first-order valence-corrected chi connectivity index (χ1v) is 12.4. The fraction of sp³-hybridized carbons (Fsp3) is 0.435. The second-order valence-corrected chi connectivity index (χ2v) is 10.5. The summed E-state index contributed by atoms with van der Waals surface area (Å²) in [5.74, 6) is -0.687. The van der Waals surface area contributed by atoms with Crippen molar-refractivity contribution in [2.75, 3.05) is 5.32 Å². The van der Waals surface area contributed by atoms with Crippen LogP contribution in [0.3, 0.4) is 0 Å². The molecule has 1 unspecified atom stereocenters. The van der Waals surface area contributed by atoms with E-state index in [2.05, 4.69) is 16.1 Å². The quantitative estimate of drug-likeness (QED) is 0.487. The fourth-order valence-electron chi connectivity index (χ4n) is 4.64. The maximum Gasteiger partial charge on any atom is 0.269 e. The number of nitro groups is 1. The summed E-state index contributed by atoms with van der Waals surface area (Å²) in [5.41, 5.74) is 5.60. The number of rotatable bonds is 7. The van der Waals surface area contributed by atoms with Crippen LogP contribution in [0, 0.1) is 16.0 Å². The summed E-state index contributed by atoms with van der Waals surface area (Å²) in [6, 6.07) is 5.91. The van der Waals surface area contributed by atoms with Gasteiger partial charge in [-0.25, -0.2) is 8.42 Å². The van der Waals surface area contributed by atoms with Crippen molar-refractivity contribution in [3.63, 3.8) is 0 Å². The smallest absolute Gasteiger partial charge is 0.269 e. The van der Waals surface area contributed by atoms with Crippen LogP contribution in [0.4, 0.5) is 11.4 Å². The highest BCUT2D eigenvalue weighted by Gasteiger charge is 2.31. The van der Waals surface area contributed by atoms with E-state index < -0.39 is 21.0 Å². The van der Waals surface area contributed by atoms with Crippen LogP contribution in [0.2, 0.25) is 0 Å². The molecule has 0 heterocycles. The molecule has 0 saturated carbocycles. The van der Waals surface area contributed by atoms with Crippen molar-refractivity contribution in [1.82, 2.24) is 4.72 Å². The number of fused-ring (bicyclic) bond motifs is 2. The molecule has 2 N–H and O–H groups in total. The van der Waals surface area contributed by atoms with Crippen molar-refractivity contribution in [3.05, 3.63) is 62.7 Å². The lowest BCUT2D eigenvalue weighted by atomic mass is 9.97. The van der Waals surface area contributed by atoms with E-state index in [4.69, 9.17) is 0 Å². The Bertz CT molecular complexity index is 1140. The summed E-state index contributed by atoms with van der Waals surface area (Å²) in [6.07, 6.45) is 5.96. The highest BCUT2D eigenvalue weighted by molar-refractivity contribution is 7.89. The molecule has 0 aromatic heterocycles. The van der Waals surface area contributed by atoms with Crippen LogP contribution < -0.4 is 10.0 Å². The standard InChI is InChI=1S/C23H27N3O5S/c1-14(2)21(25-32(30,31)18-11-9-17(10-12-18)26(28)29)23(27)24-22-19-7-3-5-15(19)13-16-6-4-8-20(16)22/h9-14,21,25H,3-8H2,1-2H3,(H,24,27). The van der Waals surface area contributed by atoms with Crippen molar-refractivity contribution in [3.8, 4) is 0 Å². The minimum absolute atomic E-state index is 0.122. The van der Waals surface area contributed by atoms with E-state index >= 15 is 0 Å². The SMILES string of the molecule is CC(C)C(NS(=O)(=O)c1ccc([N+](=O)[O-])cc1)C(=O)Nc1c2c(cc3c1CCC3)CCC2. The Labute approximate surface area is 187 Å². The number of nitrogens with zero attached hydrogens (tertiary/aromatic N) is 1. The zero-order valence-corrected chi connectivity index (χ0v) is 19.0. The molecule has 2 aromatic rings. The van der Waals surface area contributed by atoms with Crippen LogP contribution in [-0.2, 0) is 40.5 Å². The van der Waals surface area contributed by atoms with Crippen molar-refractivity contribution in [1.29, 1.82) is 0 Å². The Morgan fingerprint density at radius 1 is 1.00 bits per heavy atom. The first kappa shape index (κ1) is 22.4. The minimum atomic E-state index is -4.04. The average molecular weight is 458 g/mol. The van der Waals surface area contributed by atoms with E-state index in [1.807, 2.05) is 0 Å². The van der Waals surface area contributed by atoms with Gasteiger partial charge in [-0.2, -0.15) is 4.72 Å². The first-order valence-electron chi connectivity index (χ1n) is 10.9. The topological polar surface area (TPSA) is 118 Å². The Balaban J connectivity index is 1.59. The molecule has 2 aliphatic carbocycles. The molecular formula is C23H27N3O5S. The number of hydrogen-bond donors (Lipinski definition) is 2. The fourth-order valence-corrected chi connectivity index (χ4v) is 5.99. The number of nitro benzene ring substituents is 1. The van der Waals surface area contributed by atoms with Gasteiger partial charge in [0.1, 0.15) is 6.04 Å². The summed E-state index contributed by atoms with van der Waals surface area (Å²) in [5, 5.41) is 13.9.